The second kappa shape index (κ2) is 6.99. The minimum absolute atomic E-state index is 0.0167. The molecule has 1 amide bonds. The maximum absolute atomic E-state index is 12.3. The number of hydrogen-bond acceptors (Lipinski definition) is 2. The molecule has 1 aromatic rings. The van der Waals surface area contributed by atoms with E-state index < -0.39 is 0 Å². The fourth-order valence-electron chi connectivity index (χ4n) is 3.00. The number of nitrogens with one attached hydrogen (secondary N) is 1. The molecule has 2 rings (SSSR count). The lowest BCUT2D eigenvalue weighted by Gasteiger charge is -2.30. The Morgan fingerprint density at radius 3 is 2.63 bits per heavy atom. The zero-order chi connectivity index (χ0) is 13.7. The van der Waals surface area contributed by atoms with Crippen molar-refractivity contribution in [3.8, 4) is 0 Å². The molecule has 0 bridgehead atoms. The van der Waals surface area contributed by atoms with E-state index in [1.807, 2.05) is 24.3 Å². The lowest BCUT2D eigenvalue weighted by Crippen LogP contribution is -2.40. The number of thiol groups is 1. The van der Waals surface area contributed by atoms with Gasteiger partial charge in [0, 0.05) is 10.9 Å². The van der Waals surface area contributed by atoms with Crippen LogP contribution in [-0.4, -0.2) is 11.9 Å². The maximum Gasteiger partial charge on any atom is 0.252 e. The number of carbonyl (C=O) groups excluding carboxylic acids is 1. The predicted molar refractivity (Wildman–Crippen MR) is 81.8 cm³/mol. The number of carbonyl (C=O) groups is 1. The molecule has 1 aliphatic rings. The Labute approximate surface area is 121 Å². The minimum Gasteiger partial charge on any atom is -0.349 e. The lowest BCUT2D eigenvalue weighted by atomic mass is 9.83. The van der Waals surface area contributed by atoms with Gasteiger partial charge in [-0.05, 0) is 37.3 Å². The van der Waals surface area contributed by atoms with Crippen LogP contribution < -0.4 is 5.32 Å². The van der Waals surface area contributed by atoms with Crippen molar-refractivity contribution in [3.63, 3.8) is 0 Å². The first-order valence-corrected chi connectivity index (χ1v) is 7.76. The smallest absolute Gasteiger partial charge is 0.252 e. The van der Waals surface area contributed by atoms with Gasteiger partial charge in [-0.25, -0.2) is 0 Å². The molecule has 1 saturated carbocycles. The van der Waals surface area contributed by atoms with Gasteiger partial charge in [0.2, 0.25) is 0 Å². The average Bonchev–Trinajstić information content (AvgIpc) is 2.46. The van der Waals surface area contributed by atoms with E-state index >= 15 is 0 Å². The molecule has 19 heavy (non-hydrogen) atoms. The van der Waals surface area contributed by atoms with Gasteiger partial charge in [0.05, 0.1) is 5.56 Å². The molecule has 0 heterocycles. The van der Waals surface area contributed by atoms with E-state index in [9.17, 15) is 4.79 Å². The van der Waals surface area contributed by atoms with Gasteiger partial charge in [0.25, 0.3) is 5.91 Å². The van der Waals surface area contributed by atoms with Crippen LogP contribution in [0.4, 0.5) is 0 Å². The van der Waals surface area contributed by atoms with Crippen LogP contribution >= 0.6 is 12.6 Å². The van der Waals surface area contributed by atoms with Crippen LogP contribution in [0, 0.1) is 5.92 Å². The number of rotatable bonds is 4. The van der Waals surface area contributed by atoms with Crippen molar-refractivity contribution < 1.29 is 4.79 Å². The normalized spacial score (nSPS) is 18.0. The van der Waals surface area contributed by atoms with Crippen molar-refractivity contribution in [3.05, 3.63) is 29.8 Å². The molecule has 1 atom stereocenters. The van der Waals surface area contributed by atoms with Gasteiger partial charge in [0.15, 0.2) is 0 Å². The summed E-state index contributed by atoms with van der Waals surface area (Å²) >= 11 is 4.36. The topological polar surface area (TPSA) is 29.1 Å². The van der Waals surface area contributed by atoms with Crippen LogP contribution in [0.15, 0.2) is 29.2 Å². The molecular weight excluding hydrogens is 254 g/mol. The molecule has 1 fully saturated rings. The Balaban J connectivity index is 2.01. The number of amides is 1. The van der Waals surface area contributed by atoms with Gasteiger partial charge >= 0.3 is 0 Å². The fraction of sp³-hybridized carbons (Fsp3) is 0.562. The van der Waals surface area contributed by atoms with E-state index in [1.165, 1.54) is 32.1 Å². The van der Waals surface area contributed by atoms with Crippen molar-refractivity contribution in [2.45, 2.75) is 56.4 Å². The largest absolute Gasteiger partial charge is 0.349 e. The van der Waals surface area contributed by atoms with E-state index in [1.54, 1.807) is 0 Å². The van der Waals surface area contributed by atoms with Gasteiger partial charge < -0.3 is 5.32 Å². The summed E-state index contributed by atoms with van der Waals surface area (Å²) in [5, 5.41) is 3.21. The van der Waals surface area contributed by atoms with Gasteiger partial charge in [-0.3, -0.25) is 4.79 Å². The molecular formula is C16H23NOS. The molecule has 2 nitrogen and oxygen atoms in total. The summed E-state index contributed by atoms with van der Waals surface area (Å²) in [5.74, 6) is 0.665. The minimum atomic E-state index is 0.0167. The molecule has 3 heteroatoms. The maximum atomic E-state index is 12.3. The summed E-state index contributed by atoms with van der Waals surface area (Å²) in [7, 11) is 0. The number of hydrogen-bond donors (Lipinski definition) is 2. The zero-order valence-corrected chi connectivity index (χ0v) is 12.5. The Morgan fingerprint density at radius 2 is 2.00 bits per heavy atom. The first kappa shape index (κ1) is 14.4. The van der Waals surface area contributed by atoms with E-state index in [0.717, 1.165) is 11.3 Å². The first-order chi connectivity index (χ1) is 9.22. The van der Waals surface area contributed by atoms with E-state index in [4.69, 9.17) is 0 Å². The van der Waals surface area contributed by atoms with Crippen molar-refractivity contribution in [1.29, 1.82) is 0 Å². The van der Waals surface area contributed by atoms with E-state index in [0.29, 0.717) is 17.5 Å². The zero-order valence-electron chi connectivity index (χ0n) is 11.6. The Morgan fingerprint density at radius 1 is 1.32 bits per heavy atom. The van der Waals surface area contributed by atoms with Crippen molar-refractivity contribution >= 4 is 18.5 Å². The van der Waals surface area contributed by atoms with Crippen LogP contribution in [0.25, 0.3) is 0 Å². The highest BCUT2D eigenvalue weighted by molar-refractivity contribution is 7.80. The van der Waals surface area contributed by atoms with Gasteiger partial charge in [-0.15, -0.1) is 12.6 Å². The van der Waals surface area contributed by atoms with Crippen LogP contribution in [0.3, 0.4) is 0 Å². The number of benzene rings is 1. The molecule has 1 aromatic carbocycles. The van der Waals surface area contributed by atoms with Crippen LogP contribution in [0.2, 0.25) is 0 Å². The highest BCUT2D eigenvalue weighted by Gasteiger charge is 2.24. The molecule has 0 spiro atoms. The third-order valence-corrected chi connectivity index (χ3v) is 4.51. The lowest BCUT2D eigenvalue weighted by molar-refractivity contribution is 0.0908. The summed E-state index contributed by atoms with van der Waals surface area (Å²) in [4.78, 5) is 13.1. The monoisotopic (exact) mass is 277 g/mol. The van der Waals surface area contributed by atoms with E-state index in [-0.39, 0.29) is 5.91 Å². The quantitative estimate of drug-likeness (QED) is 0.798. The van der Waals surface area contributed by atoms with Crippen molar-refractivity contribution in [1.82, 2.24) is 5.32 Å². The molecule has 0 aromatic heterocycles. The summed E-state index contributed by atoms with van der Waals surface area (Å²) in [6.45, 7) is 2.16. The molecule has 1 N–H and O–H groups in total. The standard InChI is InChI=1S/C16H23NOS/c1-2-14(12-8-4-3-5-9-12)17-16(18)13-10-6-7-11-15(13)19/h6-7,10-12,14,19H,2-5,8-9H2,1H3,(H,17,18). The highest BCUT2D eigenvalue weighted by Crippen LogP contribution is 2.28. The van der Waals surface area contributed by atoms with Crippen LogP contribution in [-0.2, 0) is 0 Å². The Kier molecular flexibility index (Phi) is 5.32. The van der Waals surface area contributed by atoms with Gasteiger partial charge in [0.1, 0.15) is 0 Å². The SMILES string of the molecule is CCC(NC(=O)c1ccccc1S)C1CCCCC1. The molecule has 0 aliphatic heterocycles. The Hall–Kier alpha value is -0.960. The second-order valence-corrected chi connectivity index (χ2v) is 5.89. The van der Waals surface area contributed by atoms with E-state index in [2.05, 4.69) is 24.9 Å². The first-order valence-electron chi connectivity index (χ1n) is 7.31. The van der Waals surface area contributed by atoms with Crippen molar-refractivity contribution in [2.24, 2.45) is 5.92 Å². The molecule has 0 saturated heterocycles. The summed E-state index contributed by atoms with van der Waals surface area (Å²) in [6.07, 6.45) is 7.47. The van der Waals surface area contributed by atoms with Gasteiger partial charge in [-0.2, -0.15) is 0 Å². The van der Waals surface area contributed by atoms with Crippen LogP contribution in [0.5, 0.6) is 0 Å². The molecule has 1 aliphatic carbocycles. The second-order valence-electron chi connectivity index (χ2n) is 5.40. The molecule has 104 valence electrons. The highest BCUT2D eigenvalue weighted by atomic mass is 32.1. The summed E-state index contributed by atoms with van der Waals surface area (Å²) < 4.78 is 0. The van der Waals surface area contributed by atoms with Crippen LogP contribution in [0.1, 0.15) is 55.8 Å². The Bertz CT molecular complexity index is 427. The third kappa shape index (κ3) is 3.75. The third-order valence-electron chi connectivity index (χ3n) is 4.12. The molecule has 0 radical (unpaired) electrons. The summed E-state index contributed by atoms with van der Waals surface area (Å²) in [6, 6.07) is 7.79. The average molecular weight is 277 g/mol. The fourth-order valence-corrected chi connectivity index (χ4v) is 3.26. The predicted octanol–water partition coefficient (Wildman–Crippen LogP) is 4.06. The molecule has 1 unspecified atom stereocenters. The van der Waals surface area contributed by atoms with Gasteiger partial charge in [-0.1, -0.05) is 38.3 Å². The summed E-state index contributed by atoms with van der Waals surface area (Å²) in [5.41, 5.74) is 0.681. The van der Waals surface area contributed by atoms with Crippen molar-refractivity contribution in [2.75, 3.05) is 0 Å².